The fourth-order valence-electron chi connectivity index (χ4n) is 6.62. The summed E-state index contributed by atoms with van der Waals surface area (Å²) in [6.45, 7) is 1.23. The van der Waals surface area contributed by atoms with Gasteiger partial charge in [0.1, 0.15) is 0 Å². The summed E-state index contributed by atoms with van der Waals surface area (Å²) in [5.41, 5.74) is 7.40. The molecule has 2 saturated carbocycles. The highest BCUT2D eigenvalue weighted by atomic mass is 15.8. The van der Waals surface area contributed by atoms with E-state index in [1.54, 1.807) is 0 Å². The summed E-state index contributed by atoms with van der Waals surface area (Å²) in [4.78, 5) is 0. The van der Waals surface area contributed by atoms with Crippen LogP contribution in [-0.2, 0) is 0 Å². The number of hydrazine groups is 3. The highest BCUT2D eigenvalue weighted by molar-refractivity contribution is 4.97. The molecule has 0 radical (unpaired) electrons. The zero-order chi connectivity index (χ0) is 14.5. The molecular weight excluding hydrogens is 272 g/mol. The van der Waals surface area contributed by atoms with E-state index in [1.807, 2.05) is 0 Å². The number of hydrogen-bond acceptors (Lipinski definition) is 4. The highest BCUT2D eigenvalue weighted by Crippen LogP contribution is 2.44. The molecule has 124 valence electrons. The number of fused-ring (bicyclic) bond motifs is 3. The minimum absolute atomic E-state index is 0.771. The van der Waals surface area contributed by atoms with Crippen LogP contribution in [0.15, 0.2) is 0 Å². The molecule has 6 unspecified atom stereocenters. The van der Waals surface area contributed by atoms with Crippen LogP contribution < -0.4 is 11.1 Å². The van der Waals surface area contributed by atoms with E-state index in [4.69, 9.17) is 0 Å². The predicted molar refractivity (Wildman–Crippen MR) is 87.4 cm³/mol. The topological polar surface area (TPSA) is 30.5 Å². The molecule has 4 heteroatoms. The van der Waals surface area contributed by atoms with Gasteiger partial charge >= 0.3 is 0 Å². The Bertz CT molecular complexity index is 414. The van der Waals surface area contributed by atoms with Gasteiger partial charge in [0.25, 0.3) is 0 Å². The van der Waals surface area contributed by atoms with Gasteiger partial charge in [0.2, 0.25) is 0 Å². The van der Waals surface area contributed by atoms with Crippen LogP contribution in [0.5, 0.6) is 0 Å². The first kappa shape index (κ1) is 14.2. The Morgan fingerprint density at radius 2 is 1.36 bits per heavy atom. The van der Waals surface area contributed by atoms with Gasteiger partial charge < -0.3 is 0 Å². The normalized spacial score (nSPS) is 49.6. The van der Waals surface area contributed by atoms with E-state index in [9.17, 15) is 0 Å². The average Bonchev–Trinajstić information content (AvgIpc) is 3.18. The molecule has 0 amide bonds. The third kappa shape index (κ3) is 2.26. The van der Waals surface area contributed by atoms with Crippen LogP contribution in [0.25, 0.3) is 0 Å². The largest absolute Gasteiger partial charge is 0.226 e. The first-order chi connectivity index (χ1) is 10.9. The summed E-state index contributed by atoms with van der Waals surface area (Å²) in [5.74, 6) is 2.86. The highest BCUT2D eigenvalue weighted by Gasteiger charge is 2.45. The molecule has 0 aromatic heterocycles. The van der Waals surface area contributed by atoms with Crippen LogP contribution in [0.4, 0.5) is 0 Å². The second kappa shape index (κ2) is 5.73. The van der Waals surface area contributed by atoms with Gasteiger partial charge in [0.05, 0.1) is 0 Å². The number of nitrogens with zero attached hydrogens (tertiary/aromatic N) is 2. The van der Waals surface area contributed by atoms with Crippen LogP contribution in [-0.4, -0.2) is 34.7 Å². The van der Waals surface area contributed by atoms with E-state index >= 15 is 0 Å². The zero-order valence-electron chi connectivity index (χ0n) is 13.8. The summed E-state index contributed by atoms with van der Waals surface area (Å²) < 4.78 is 0. The lowest BCUT2D eigenvalue weighted by atomic mass is 9.84. The van der Waals surface area contributed by atoms with Crippen molar-refractivity contribution in [1.82, 2.24) is 21.1 Å². The van der Waals surface area contributed by atoms with Crippen molar-refractivity contribution in [2.24, 2.45) is 17.8 Å². The molecule has 22 heavy (non-hydrogen) atoms. The van der Waals surface area contributed by atoms with Gasteiger partial charge in [0.15, 0.2) is 0 Å². The molecule has 0 bridgehead atoms. The van der Waals surface area contributed by atoms with Gasteiger partial charge in [-0.05, 0) is 82.0 Å². The first-order valence-electron chi connectivity index (χ1n) is 9.96. The van der Waals surface area contributed by atoms with Crippen LogP contribution in [0, 0.1) is 17.8 Å². The molecule has 2 aliphatic carbocycles. The number of piperidine rings is 2. The van der Waals surface area contributed by atoms with Crippen molar-refractivity contribution in [3.8, 4) is 0 Å². The maximum absolute atomic E-state index is 3.71. The van der Waals surface area contributed by atoms with Crippen molar-refractivity contribution in [3.05, 3.63) is 0 Å². The summed E-state index contributed by atoms with van der Waals surface area (Å²) >= 11 is 0. The maximum Gasteiger partial charge on any atom is 0.0313 e. The maximum atomic E-state index is 3.71. The van der Waals surface area contributed by atoms with Crippen LogP contribution in [0.3, 0.4) is 0 Å². The minimum Gasteiger partial charge on any atom is -0.226 e. The fourth-order valence-corrected chi connectivity index (χ4v) is 6.62. The van der Waals surface area contributed by atoms with Gasteiger partial charge in [-0.3, -0.25) is 0 Å². The molecule has 3 aliphatic heterocycles. The molecule has 5 aliphatic rings. The number of hydrogen-bond donors (Lipinski definition) is 2. The Morgan fingerprint density at radius 1 is 0.636 bits per heavy atom. The van der Waals surface area contributed by atoms with E-state index in [-0.39, 0.29) is 0 Å². The smallest absolute Gasteiger partial charge is 0.0313 e. The fraction of sp³-hybridized carbons (Fsp3) is 1.00. The Morgan fingerprint density at radius 3 is 2.27 bits per heavy atom. The van der Waals surface area contributed by atoms with Gasteiger partial charge in [-0.2, -0.15) is 11.1 Å². The Balaban J connectivity index is 1.38. The number of rotatable bonds is 0. The van der Waals surface area contributed by atoms with E-state index in [1.165, 1.54) is 77.2 Å². The monoisotopic (exact) mass is 304 g/mol. The van der Waals surface area contributed by atoms with E-state index in [0.717, 1.165) is 35.9 Å². The lowest BCUT2D eigenvalue weighted by molar-refractivity contribution is -0.0646. The quantitative estimate of drug-likeness (QED) is 0.720. The zero-order valence-corrected chi connectivity index (χ0v) is 13.8. The molecule has 5 rings (SSSR count). The summed E-state index contributed by atoms with van der Waals surface area (Å²) in [6.07, 6.45) is 15.9. The Kier molecular flexibility index (Phi) is 3.70. The van der Waals surface area contributed by atoms with Crippen molar-refractivity contribution >= 4 is 0 Å². The van der Waals surface area contributed by atoms with E-state index in [2.05, 4.69) is 21.1 Å². The van der Waals surface area contributed by atoms with Crippen molar-refractivity contribution in [2.45, 2.75) is 88.8 Å². The molecule has 0 aromatic rings. The second-order valence-electron chi connectivity index (χ2n) is 8.62. The summed E-state index contributed by atoms with van der Waals surface area (Å²) in [7, 11) is 0. The lowest BCUT2D eigenvalue weighted by Crippen LogP contribution is -2.65. The molecule has 2 N–H and O–H groups in total. The summed E-state index contributed by atoms with van der Waals surface area (Å²) in [5, 5.41) is 5.25. The second-order valence-corrected chi connectivity index (χ2v) is 8.62. The average molecular weight is 304 g/mol. The van der Waals surface area contributed by atoms with Crippen LogP contribution >= 0.6 is 0 Å². The SMILES string of the molecule is C1CC2CCC3CCC4CCC5CCCN(NNN3C2C1)C54. The summed E-state index contributed by atoms with van der Waals surface area (Å²) in [6, 6.07) is 2.37. The standard InChI is InChI=1S/C18H32N4/c1-3-13-8-10-16-11-9-15-7-6-14-4-2-12-21(18(14)15)19-20-22(16)17(13)5-1/h13-20H,1-12H2. The first-order valence-corrected chi connectivity index (χ1v) is 9.96. The van der Waals surface area contributed by atoms with Crippen molar-refractivity contribution in [1.29, 1.82) is 0 Å². The molecular formula is C18H32N4. The Hall–Kier alpha value is -0.160. The number of nitrogens with one attached hydrogen (secondary N) is 2. The van der Waals surface area contributed by atoms with Crippen molar-refractivity contribution in [3.63, 3.8) is 0 Å². The predicted octanol–water partition coefficient (Wildman–Crippen LogP) is 2.83. The van der Waals surface area contributed by atoms with Gasteiger partial charge in [-0.15, -0.1) is 0 Å². The van der Waals surface area contributed by atoms with Gasteiger partial charge in [0, 0.05) is 24.7 Å². The van der Waals surface area contributed by atoms with Gasteiger partial charge in [-0.1, -0.05) is 6.42 Å². The van der Waals surface area contributed by atoms with Crippen LogP contribution in [0.2, 0.25) is 0 Å². The van der Waals surface area contributed by atoms with Gasteiger partial charge in [-0.25, -0.2) is 10.0 Å². The van der Waals surface area contributed by atoms with Crippen molar-refractivity contribution < 1.29 is 0 Å². The molecule has 4 nitrogen and oxygen atoms in total. The Labute approximate surface area is 134 Å². The third-order valence-electron chi connectivity index (χ3n) is 7.64. The van der Waals surface area contributed by atoms with Crippen LogP contribution in [0.1, 0.15) is 70.6 Å². The van der Waals surface area contributed by atoms with E-state index < -0.39 is 0 Å². The molecule has 3 saturated heterocycles. The third-order valence-corrected chi connectivity index (χ3v) is 7.64. The lowest BCUT2D eigenvalue weighted by Gasteiger charge is -2.45. The molecule has 0 aromatic carbocycles. The molecule has 6 atom stereocenters. The minimum atomic E-state index is 0.771. The van der Waals surface area contributed by atoms with Crippen molar-refractivity contribution in [2.75, 3.05) is 6.54 Å². The molecule has 3 heterocycles. The molecule has 0 spiro atoms. The van der Waals surface area contributed by atoms with E-state index in [0.29, 0.717) is 0 Å². The molecule has 5 fully saturated rings.